The van der Waals surface area contributed by atoms with Gasteiger partial charge in [-0.3, -0.25) is 0 Å². The minimum absolute atomic E-state index is 1.18. The maximum absolute atomic E-state index is 2.33. The molecule has 0 N–H and O–H groups in total. The number of rotatable bonds is 0. The maximum atomic E-state index is 2.33. The van der Waals surface area contributed by atoms with E-state index in [1.165, 1.54) is 41.7 Å². The summed E-state index contributed by atoms with van der Waals surface area (Å²) in [6, 6.07) is 8.89. The summed E-state index contributed by atoms with van der Waals surface area (Å²) in [4.78, 5) is 0. The topological polar surface area (TPSA) is 0 Å². The molecule has 4 rings (SSSR count). The molecule has 1 aromatic carbocycles. The van der Waals surface area contributed by atoms with Crippen LogP contribution in [0.1, 0.15) is 25.7 Å². The van der Waals surface area contributed by atoms with E-state index in [1.54, 1.807) is 16.7 Å². The normalized spacial score (nSPS) is 21.2. The summed E-state index contributed by atoms with van der Waals surface area (Å²) >= 11 is 0. The van der Waals surface area contributed by atoms with Crippen LogP contribution in [0.3, 0.4) is 0 Å². The Bertz CT molecular complexity index is 654. The molecule has 0 amide bonds. The second-order valence-corrected chi connectivity index (χ2v) is 4.88. The second-order valence-electron chi connectivity index (χ2n) is 4.88. The molecular weight excluding hydrogens is 192 g/mol. The van der Waals surface area contributed by atoms with Crippen LogP contribution in [0.15, 0.2) is 47.6 Å². The predicted molar refractivity (Wildman–Crippen MR) is 67.1 cm³/mol. The molecule has 0 atom stereocenters. The van der Waals surface area contributed by atoms with Gasteiger partial charge in [0.15, 0.2) is 0 Å². The van der Waals surface area contributed by atoms with E-state index >= 15 is 0 Å². The number of allylic oxidation sites excluding steroid dienone is 4. The van der Waals surface area contributed by atoms with E-state index in [2.05, 4.69) is 36.4 Å². The Morgan fingerprint density at radius 1 is 0.938 bits per heavy atom. The molecule has 0 heterocycles. The summed E-state index contributed by atoms with van der Waals surface area (Å²) in [5, 5.41) is 2.96. The molecule has 0 heteroatoms. The number of hydrogen-bond donors (Lipinski definition) is 0. The minimum Gasteiger partial charge on any atom is -0.0798 e. The van der Waals surface area contributed by atoms with Crippen LogP contribution in [-0.4, -0.2) is 0 Å². The van der Waals surface area contributed by atoms with E-state index in [0.29, 0.717) is 0 Å². The molecule has 0 aliphatic heterocycles. The van der Waals surface area contributed by atoms with Crippen molar-refractivity contribution < 1.29 is 0 Å². The van der Waals surface area contributed by atoms with E-state index in [4.69, 9.17) is 0 Å². The van der Waals surface area contributed by atoms with Crippen LogP contribution in [-0.2, 0) is 0 Å². The quantitative estimate of drug-likeness (QED) is 0.611. The highest BCUT2D eigenvalue weighted by Gasteiger charge is 2.25. The number of fused-ring (bicyclic) bond motifs is 1. The van der Waals surface area contributed by atoms with Crippen molar-refractivity contribution in [3.8, 4) is 0 Å². The van der Waals surface area contributed by atoms with Crippen molar-refractivity contribution >= 4 is 11.1 Å². The van der Waals surface area contributed by atoms with Crippen molar-refractivity contribution in [2.24, 2.45) is 0 Å². The summed E-state index contributed by atoms with van der Waals surface area (Å²) in [6.45, 7) is 0. The Morgan fingerprint density at radius 2 is 1.81 bits per heavy atom. The number of hydrogen-bond acceptors (Lipinski definition) is 0. The molecule has 0 aromatic heterocycles. The lowest BCUT2D eigenvalue weighted by molar-refractivity contribution is 0.792. The predicted octanol–water partition coefficient (Wildman–Crippen LogP) is 2.44. The molecule has 0 fully saturated rings. The fourth-order valence-electron chi connectivity index (χ4n) is 3.38. The Morgan fingerprint density at radius 3 is 2.75 bits per heavy atom. The molecule has 16 heavy (non-hydrogen) atoms. The number of benzene rings is 1. The van der Waals surface area contributed by atoms with Gasteiger partial charge in [0.25, 0.3) is 0 Å². The molecule has 0 saturated heterocycles. The van der Waals surface area contributed by atoms with Crippen LogP contribution < -0.4 is 10.4 Å². The largest absolute Gasteiger partial charge is 0.0798 e. The average Bonchev–Trinajstić information content (AvgIpc) is 2.68. The molecule has 3 aliphatic carbocycles. The van der Waals surface area contributed by atoms with Crippen molar-refractivity contribution in [2.75, 3.05) is 0 Å². The molecule has 0 bridgehead atoms. The highest BCUT2D eigenvalue weighted by molar-refractivity contribution is 5.95. The van der Waals surface area contributed by atoms with Gasteiger partial charge in [-0.1, -0.05) is 42.0 Å². The van der Waals surface area contributed by atoms with Crippen molar-refractivity contribution in [3.05, 3.63) is 58.0 Å². The van der Waals surface area contributed by atoms with Crippen LogP contribution in [0.2, 0.25) is 0 Å². The van der Waals surface area contributed by atoms with Crippen molar-refractivity contribution in [1.29, 1.82) is 0 Å². The lowest BCUT2D eigenvalue weighted by Gasteiger charge is -2.23. The van der Waals surface area contributed by atoms with Crippen LogP contribution in [0.5, 0.6) is 0 Å². The molecule has 0 nitrogen and oxygen atoms in total. The highest BCUT2D eigenvalue weighted by atomic mass is 14.3. The van der Waals surface area contributed by atoms with E-state index in [-0.39, 0.29) is 0 Å². The minimum atomic E-state index is 1.18. The molecule has 3 aliphatic rings. The van der Waals surface area contributed by atoms with Crippen molar-refractivity contribution in [3.63, 3.8) is 0 Å². The van der Waals surface area contributed by atoms with E-state index in [9.17, 15) is 0 Å². The summed E-state index contributed by atoms with van der Waals surface area (Å²) in [5.74, 6) is 0. The molecule has 0 spiro atoms. The summed E-state index contributed by atoms with van der Waals surface area (Å²) in [6.07, 6.45) is 9.75. The van der Waals surface area contributed by atoms with Gasteiger partial charge in [0.1, 0.15) is 0 Å². The third-order valence-corrected chi connectivity index (χ3v) is 4.02. The van der Waals surface area contributed by atoms with Crippen LogP contribution >= 0.6 is 0 Å². The van der Waals surface area contributed by atoms with Crippen molar-refractivity contribution in [2.45, 2.75) is 25.7 Å². The fourth-order valence-corrected chi connectivity index (χ4v) is 3.38. The van der Waals surface area contributed by atoms with Crippen LogP contribution in [0.25, 0.3) is 11.1 Å². The maximum Gasteiger partial charge on any atom is -0.0102 e. The van der Waals surface area contributed by atoms with Gasteiger partial charge in [-0.15, -0.1) is 0 Å². The zero-order chi connectivity index (χ0) is 10.5. The average molecular weight is 206 g/mol. The van der Waals surface area contributed by atoms with Gasteiger partial charge in [-0.25, -0.2) is 0 Å². The first-order chi connectivity index (χ1) is 7.95. The zero-order valence-electron chi connectivity index (χ0n) is 9.29. The lowest BCUT2D eigenvalue weighted by atomic mass is 9.81. The first kappa shape index (κ1) is 8.58. The van der Waals surface area contributed by atoms with Gasteiger partial charge >= 0.3 is 0 Å². The Balaban J connectivity index is 2.25. The second kappa shape index (κ2) is 2.98. The lowest BCUT2D eigenvalue weighted by Crippen LogP contribution is -2.23. The van der Waals surface area contributed by atoms with Crippen molar-refractivity contribution in [1.82, 2.24) is 0 Å². The highest BCUT2D eigenvalue weighted by Crippen LogP contribution is 2.40. The molecule has 0 unspecified atom stereocenters. The molecule has 78 valence electrons. The van der Waals surface area contributed by atoms with Gasteiger partial charge < -0.3 is 0 Å². The first-order valence-corrected chi connectivity index (χ1v) is 6.17. The first-order valence-electron chi connectivity index (χ1n) is 6.17. The molecule has 0 saturated carbocycles. The Hall–Kier alpha value is -1.56. The Kier molecular flexibility index (Phi) is 1.59. The third-order valence-electron chi connectivity index (χ3n) is 4.02. The van der Waals surface area contributed by atoms with Crippen LogP contribution in [0, 0.1) is 0 Å². The third kappa shape index (κ3) is 0.948. The van der Waals surface area contributed by atoms with Gasteiger partial charge in [0, 0.05) is 0 Å². The van der Waals surface area contributed by atoms with E-state index in [1.807, 2.05) is 0 Å². The summed E-state index contributed by atoms with van der Waals surface area (Å²) in [7, 11) is 0. The Labute approximate surface area is 95.3 Å². The SMILES string of the molecule is C1=CC2=c3ccccc3=C3CCCC(=C23)C1. The van der Waals surface area contributed by atoms with E-state index in [0.717, 1.165) is 0 Å². The fraction of sp³-hybridized carbons (Fsp3) is 0.250. The smallest absolute Gasteiger partial charge is 0.0102 e. The molecule has 0 radical (unpaired) electrons. The van der Waals surface area contributed by atoms with Gasteiger partial charge in [0.05, 0.1) is 0 Å². The van der Waals surface area contributed by atoms with Gasteiger partial charge in [-0.05, 0) is 52.8 Å². The standard InChI is InChI=1S/C16H14/c1-2-8-13-12(7-1)14-9-3-5-11-6-4-10-15(13)16(11)14/h1-3,7-9H,4-6,10H2. The van der Waals surface area contributed by atoms with Gasteiger partial charge in [0.2, 0.25) is 0 Å². The molecule has 1 aromatic rings. The van der Waals surface area contributed by atoms with Gasteiger partial charge in [-0.2, -0.15) is 0 Å². The molecular formula is C16H14. The monoisotopic (exact) mass is 206 g/mol. The summed E-state index contributed by atoms with van der Waals surface area (Å²) < 4.78 is 0. The van der Waals surface area contributed by atoms with Crippen LogP contribution in [0.4, 0.5) is 0 Å². The van der Waals surface area contributed by atoms with E-state index < -0.39 is 0 Å². The zero-order valence-corrected chi connectivity index (χ0v) is 9.29. The summed E-state index contributed by atoms with van der Waals surface area (Å²) in [5.41, 5.74) is 6.40.